The molecular formula is C20H21N3O6. The Morgan fingerprint density at radius 1 is 1.14 bits per heavy atom. The number of aliphatic carboxylic acids is 1. The van der Waals surface area contributed by atoms with Crippen LogP contribution in [0.1, 0.15) is 11.3 Å². The molecule has 0 spiro atoms. The molecule has 1 heterocycles. The van der Waals surface area contributed by atoms with E-state index < -0.39 is 42.8 Å². The average Bonchev–Trinajstić information content (AvgIpc) is 3.23. The largest absolute Gasteiger partial charge is 0.480 e. The van der Waals surface area contributed by atoms with E-state index in [1.165, 1.54) is 18.4 Å². The summed E-state index contributed by atoms with van der Waals surface area (Å²) in [5.74, 6) is -3.24. The Bertz CT molecular complexity index is 877. The molecule has 0 saturated heterocycles. The minimum Gasteiger partial charge on any atom is -0.480 e. The van der Waals surface area contributed by atoms with E-state index in [9.17, 15) is 19.2 Å². The second-order valence-corrected chi connectivity index (χ2v) is 6.02. The van der Waals surface area contributed by atoms with Crippen LogP contribution in [0.3, 0.4) is 0 Å². The van der Waals surface area contributed by atoms with E-state index in [0.717, 1.165) is 5.56 Å². The number of amides is 3. The maximum atomic E-state index is 12.9. The fourth-order valence-corrected chi connectivity index (χ4v) is 2.54. The van der Waals surface area contributed by atoms with E-state index >= 15 is 0 Å². The Morgan fingerprint density at radius 3 is 2.45 bits per heavy atom. The molecule has 0 aliphatic rings. The van der Waals surface area contributed by atoms with Crippen LogP contribution in [0, 0.1) is 0 Å². The van der Waals surface area contributed by atoms with Gasteiger partial charge in [0.05, 0.1) is 12.8 Å². The number of nitrogens with zero attached hydrogens (tertiary/aromatic N) is 1. The van der Waals surface area contributed by atoms with Crippen LogP contribution in [0.25, 0.3) is 6.08 Å². The summed E-state index contributed by atoms with van der Waals surface area (Å²) in [5.41, 5.74) is 6.02. The third-order valence-corrected chi connectivity index (χ3v) is 3.87. The van der Waals surface area contributed by atoms with Gasteiger partial charge in [0.2, 0.25) is 11.8 Å². The molecular weight excluding hydrogens is 378 g/mol. The number of carboxylic acids is 1. The summed E-state index contributed by atoms with van der Waals surface area (Å²) in [6.07, 6.45) is 4.10. The molecule has 29 heavy (non-hydrogen) atoms. The molecule has 0 aliphatic carbocycles. The van der Waals surface area contributed by atoms with E-state index in [-0.39, 0.29) is 6.42 Å². The Balaban J connectivity index is 2.22. The summed E-state index contributed by atoms with van der Waals surface area (Å²) in [7, 11) is 0. The Hall–Kier alpha value is -3.72. The van der Waals surface area contributed by atoms with Gasteiger partial charge in [0.25, 0.3) is 5.91 Å². The number of imide groups is 1. The van der Waals surface area contributed by atoms with Crippen molar-refractivity contribution in [2.45, 2.75) is 12.5 Å². The van der Waals surface area contributed by atoms with E-state index in [0.29, 0.717) is 10.7 Å². The molecule has 0 unspecified atom stereocenters. The van der Waals surface area contributed by atoms with E-state index in [1.54, 1.807) is 42.5 Å². The molecule has 0 fully saturated rings. The van der Waals surface area contributed by atoms with Gasteiger partial charge >= 0.3 is 5.97 Å². The highest BCUT2D eigenvalue weighted by Gasteiger charge is 2.30. The first-order valence-electron chi connectivity index (χ1n) is 8.72. The maximum Gasteiger partial charge on any atom is 0.323 e. The van der Waals surface area contributed by atoms with E-state index in [1.807, 2.05) is 0 Å². The van der Waals surface area contributed by atoms with Crippen molar-refractivity contribution in [1.82, 2.24) is 10.2 Å². The van der Waals surface area contributed by atoms with Crippen LogP contribution in [0.15, 0.2) is 59.2 Å². The molecule has 9 heteroatoms. The first-order valence-corrected chi connectivity index (χ1v) is 8.72. The molecule has 0 saturated carbocycles. The van der Waals surface area contributed by atoms with Crippen LogP contribution in [0.2, 0.25) is 0 Å². The van der Waals surface area contributed by atoms with Crippen LogP contribution in [0.4, 0.5) is 0 Å². The zero-order valence-corrected chi connectivity index (χ0v) is 15.5. The second-order valence-electron chi connectivity index (χ2n) is 6.02. The van der Waals surface area contributed by atoms with Gasteiger partial charge in [-0.15, -0.1) is 0 Å². The highest BCUT2D eigenvalue weighted by molar-refractivity contribution is 6.03. The molecule has 4 N–H and O–H groups in total. The summed E-state index contributed by atoms with van der Waals surface area (Å²) in [4.78, 5) is 48.8. The lowest BCUT2D eigenvalue weighted by molar-refractivity contribution is -0.153. The number of rotatable bonds is 9. The lowest BCUT2D eigenvalue weighted by atomic mass is 10.0. The zero-order chi connectivity index (χ0) is 21.2. The van der Waals surface area contributed by atoms with Crippen LogP contribution >= 0.6 is 0 Å². The van der Waals surface area contributed by atoms with E-state index in [2.05, 4.69) is 5.32 Å². The summed E-state index contributed by atoms with van der Waals surface area (Å²) in [6.45, 7) is -1.39. The Morgan fingerprint density at radius 2 is 1.86 bits per heavy atom. The predicted octanol–water partition coefficient (Wildman–Crippen LogP) is 0.419. The first-order chi connectivity index (χ1) is 13.9. The number of hydrogen-bond acceptors (Lipinski definition) is 6. The Labute approximate surface area is 166 Å². The third kappa shape index (κ3) is 6.74. The molecule has 152 valence electrons. The zero-order valence-electron chi connectivity index (χ0n) is 15.5. The summed E-state index contributed by atoms with van der Waals surface area (Å²) >= 11 is 0. The van der Waals surface area contributed by atoms with Crippen LogP contribution in [-0.4, -0.2) is 52.8 Å². The third-order valence-electron chi connectivity index (χ3n) is 3.87. The molecule has 0 radical (unpaired) electrons. The number of hydrogen-bond donors (Lipinski definition) is 3. The second kappa shape index (κ2) is 10.6. The Kier molecular flexibility index (Phi) is 7.87. The number of carboxylic acid groups (broad SMARTS) is 1. The number of carbonyl (C=O) groups excluding carboxylic acids is 3. The van der Waals surface area contributed by atoms with E-state index in [4.69, 9.17) is 15.3 Å². The van der Waals surface area contributed by atoms with Gasteiger partial charge in [0.1, 0.15) is 18.3 Å². The van der Waals surface area contributed by atoms with Gasteiger partial charge < -0.3 is 20.6 Å². The molecule has 1 atom stereocenters. The quantitative estimate of drug-likeness (QED) is 0.519. The van der Waals surface area contributed by atoms with Crippen molar-refractivity contribution in [2.75, 3.05) is 13.1 Å². The summed E-state index contributed by atoms with van der Waals surface area (Å²) in [5, 5.41) is 11.5. The normalized spacial score (nSPS) is 11.8. The molecule has 1 aromatic carbocycles. The fourth-order valence-electron chi connectivity index (χ4n) is 2.54. The SMILES string of the molecule is NCC(=O)N(CC(=O)O)C(=O)[C@H](Cc1ccccc1)NC(=O)C=Cc1ccco1. The van der Waals surface area contributed by atoms with Gasteiger partial charge in [-0.3, -0.25) is 24.1 Å². The molecule has 3 amide bonds. The van der Waals surface area contributed by atoms with Crippen molar-refractivity contribution in [3.8, 4) is 0 Å². The van der Waals surface area contributed by atoms with Crippen molar-refractivity contribution < 1.29 is 28.7 Å². The van der Waals surface area contributed by atoms with Crippen molar-refractivity contribution >= 4 is 29.8 Å². The van der Waals surface area contributed by atoms with Crippen LogP contribution < -0.4 is 11.1 Å². The van der Waals surface area contributed by atoms with Crippen molar-refractivity contribution in [3.05, 3.63) is 66.1 Å². The molecule has 9 nitrogen and oxygen atoms in total. The van der Waals surface area contributed by atoms with Gasteiger partial charge in [0.15, 0.2) is 0 Å². The summed E-state index contributed by atoms with van der Waals surface area (Å²) < 4.78 is 5.09. The number of carbonyl (C=O) groups is 4. The molecule has 2 aromatic rings. The predicted molar refractivity (Wildman–Crippen MR) is 103 cm³/mol. The fraction of sp³-hybridized carbons (Fsp3) is 0.200. The van der Waals surface area contributed by atoms with Gasteiger partial charge in [-0.25, -0.2) is 0 Å². The number of nitrogens with one attached hydrogen (secondary N) is 1. The number of furan rings is 1. The van der Waals surface area contributed by atoms with Gasteiger partial charge in [-0.05, 0) is 23.8 Å². The molecule has 2 rings (SSSR count). The molecule has 0 aliphatic heterocycles. The first kappa shape index (κ1) is 21.6. The topological polar surface area (TPSA) is 143 Å². The van der Waals surface area contributed by atoms with Gasteiger partial charge in [-0.2, -0.15) is 0 Å². The van der Waals surface area contributed by atoms with Crippen molar-refractivity contribution in [1.29, 1.82) is 0 Å². The average molecular weight is 399 g/mol. The number of nitrogens with two attached hydrogens (primary N) is 1. The lowest BCUT2D eigenvalue weighted by Crippen LogP contribution is -2.53. The number of benzene rings is 1. The van der Waals surface area contributed by atoms with Crippen molar-refractivity contribution in [3.63, 3.8) is 0 Å². The minimum absolute atomic E-state index is 0.0635. The van der Waals surface area contributed by atoms with Crippen LogP contribution in [0.5, 0.6) is 0 Å². The molecule has 0 bridgehead atoms. The van der Waals surface area contributed by atoms with Gasteiger partial charge in [-0.1, -0.05) is 30.3 Å². The van der Waals surface area contributed by atoms with Crippen LogP contribution in [-0.2, 0) is 25.6 Å². The minimum atomic E-state index is -1.37. The van der Waals surface area contributed by atoms with Gasteiger partial charge in [0, 0.05) is 12.5 Å². The smallest absolute Gasteiger partial charge is 0.323 e. The highest BCUT2D eigenvalue weighted by Crippen LogP contribution is 2.08. The van der Waals surface area contributed by atoms with Crippen molar-refractivity contribution in [2.24, 2.45) is 5.73 Å². The standard InChI is InChI=1S/C20H21N3O6/c21-12-18(25)23(13-19(26)27)20(28)16(11-14-5-2-1-3-6-14)22-17(24)9-8-15-7-4-10-29-15/h1-10,16H,11-13,21H2,(H,22,24)(H,26,27)/t16-/m0/s1. The lowest BCUT2D eigenvalue weighted by Gasteiger charge is -2.25. The highest BCUT2D eigenvalue weighted by atomic mass is 16.4. The summed E-state index contributed by atoms with van der Waals surface area (Å²) in [6, 6.07) is 10.9. The molecule has 1 aromatic heterocycles. The monoisotopic (exact) mass is 399 g/mol. The maximum absolute atomic E-state index is 12.9.